The summed E-state index contributed by atoms with van der Waals surface area (Å²) < 4.78 is 70.6. The third-order valence-electron chi connectivity index (χ3n) is 4.64. The molecule has 2 aromatic rings. The number of hydrogen-bond donors (Lipinski definition) is 0. The van der Waals surface area contributed by atoms with E-state index >= 15 is 0 Å². The summed E-state index contributed by atoms with van der Waals surface area (Å²) in [5.74, 6) is 0. The SMILES string of the molecule is O=S(=O)=C1C=C(N=C=S)c2ccc3c4c(ccc1c24)C(=S(=O)=O)CC3=S(=O)=O. The van der Waals surface area contributed by atoms with E-state index in [1.807, 2.05) is 0 Å². The molecule has 2 aromatic carbocycles. The molecule has 0 aliphatic heterocycles. The Labute approximate surface area is 168 Å². The van der Waals surface area contributed by atoms with Gasteiger partial charge < -0.3 is 0 Å². The number of isothiocyanates is 1. The van der Waals surface area contributed by atoms with Crippen LogP contribution in [0.25, 0.3) is 16.5 Å². The van der Waals surface area contributed by atoms with Crippen molar-refractivity contribution in [2.75, 3.05) is 0 Å². The lowest BCUT2D eigenvalue weighted by Gasteiger charge is -2.24. The Hall–Kier alpha value is -2.69. The van der Waals surface area contributed by atoms with Crippen LogP contribution in [0.2, 0.25) is 0 Å². The molecule has 0 fully saturated rings. The van der Waals surface area contributed by atoms with E-state index in [-0.39, 0.29) is 26.7 Å². The molecular formula is C17H7NO6S4. The maximum Gasteiger partial charge on any atom is 0.222 e. The van der Waals surface area contributed by atoms with Crippen LogP contribution in [0.5, 0.6) is 0 Å². The molecule has 0 atom stereocenters. The zero-order valence-corrected chi connectivity index (χ0v) is 16.9. The molecule has 4 rings (SSSR count). The van der Waals surface area contributed by atoms with Gasteiger partial charge in [-0.15, -0.1) is 0 Å². The molecule has 2 aliphatic carbocycles. The van der Waals surface area contributed by atoms with Crippen LogP contribution < -0.4 is 0 Å². The topological polar surface area (TPSA) is 115 Å². The third-order valence-corrected chi connectivity index (χ3v) is 6.96. The van der Waals surface area contributed by atoms with Crippen LogP contribution in [0.1, 0.15) is 28.7 Å². The number of aliphatic imine (C=N–C) groups is 1. The summed E-state index contributed by atoms with van der Waals surface area (Å²) in [4.78, 5) is 3.72. The normalized spacial score (nSPS) is 14.4. The largest absolute Gasteiger partial charge is 0.222 e. The van der Waals surface area contributed by atoms with E-state index in [0.717, 1.165) is 0 Å². The van der Waals surface area contributed by atoms with Crippen molar-refractivity contribution in [2.45, 2.75) is 6.42 Å². The van der Waals surface area contributed by atoms with Gasteiger partial charge in [-0.2, -0.15) is 30.2 Å². The first kappa shape index (κ1) is 18.7. The van der Waals surface area contributed by atoms with Crippen molar-refractivity contribution in [3.63, 3.8) is 0 Å². The molecule has 140 valence electrons. The lowest BCUT2D eigenvalue weighted by molar-refractivity contribution is 0.625. The highest BCUT2D eigenvalue weighted by Crippen LogP contribution is 2.39. The molecule has 0 saturated heterocycles. The Morgan fingerprint density at radius 3 is 1.75 bits per heavy atom. The summed E-state index contributed by atoms with van der Waals surface area (Å²) >= 11 is 4.64. The first-order chi connectivity index (χ1) is 13.3. The second kappa shape index (κ2) is 6.73. The van der Waals surface area contributed by atoms with E-state index in [9.17, 15) is 25.3 Å². The lowest BCUT2D eigenvalue weighted by Crippen LogP contribution is -2.21. The van der Waals surface area contributed by atoms with Crippen molar-refractivity contribution in [2.24, 2.45) is 4.99 Å². The predicted octanol–water partition coefficient (Wildman–Crippen LogP) is 0.900. The molecular weight excluding hydrogens is 442 g/mol. The number of hydrogen-bond acceptors (Lipinski definition) is 8. The monoisotopic (exact) mass is 449 g/mol. The predicted molar refractivity (Wildman–Crippen MR) is 111 cm³/mol. The number of rotatable bonds is 1. The van der Waals surface area contributed by atoms with Crippen molar-refractivity contribution in [3.05, 3.63) is 52.6 Å². The van der Waals surface area contributed by atoms with E-state index in [1.54, 1.807) is 12.1 Å². The van der Waals surface area contributed by atoms with E-state index in [0.29, 0.717) is 33.0 Å². The van der Waals surface area contributed by atoms with Crippen LogP contribution in [0.4, 0.5) is 0 Å². The Morgan fingerprint density at radius 2 is 1.25 bits per heavy atom. The molecule has 0 radical (unpaired) electrons. The molecule has 0 spiro atoms. The maximum absolute atomic E-state index is 11.8. The van der Waals surface area contributed by atoms with Gasteiger partial charge in [0.2, 0.25) is 30.9 Å². The highest BCUT2D eigenvalue weighted by atomic mass is 32.2. The van der Waals surface area contributed by atoms with Gasteiger partial charge >= 0.3 is 0 Å². The molecule has 2 aliphatic rings. The fraction of sp³-hybridized carbons (Fsp3) is 0.0588. The Morgan fingerprint density at radius 1 is 0.750 bits per heavy atom. The molecule has 0 unspecified atom stereocenters. The van der Waals surface area contributed by atoms with Gasteiger partial charge in [-0.25, -0.2) is 0 Å². The van der Waals surface area contributed by atoms with Gasteiger partial charge in [0.05, 0.1) is 20.6 Å². The van der Waals surface area contributed by atoms with E-state index in [1.165, 1.54) is 18.2 Å². The molecule has 0 aromatic heterocycles. The van der Waals surface area contributed by atoms with Gasteiger partial charge in [0, 0.05) is 39.4 Å². The summed E-state index contributed by atoms with van der Waals surface area (Å²) in [6.07, 6.45) is 1.08. The van der Waals surface area contributed by atoms with Crippen LogP contribution in [-0.4, -0.2) is 45.0 Å². The minimum atomic E-state index is -2.65. The zero-order chi connectivity index (χ0) is 20.2. The molecule has 0 bridgehead atoms. The Bertz CT molecular complexity index is 1560. The van der Waals surface area contributed by atoms with Crippen LogP contribution in [0.15, 0.2) is 35.3 Å². The summed E-state index contributed by atoms with van der Waals surface area (Å²) in [6.45, 7) is 0. The standard InChI is InChI=1S/C17H7NO6S4/c19-26(20)13-5-12(18-7-25)8-1-2-10-14(27(21)22)6-15(28(23)24)11-4-3-9(13)16(8)17(10)11/h1-5H,6H2. The number of nitrogens with zero attached hydrogens (tertiary/aromatic N) is 1. The summed E-state index contributed by atoms with van der Waals surface area (Å²) in [7, 11) is -7.92. The Balaban J connectivity index is 2.38. The first-order valence-electron chi connectivity index (χ1n) is 7.62. The number of thiocarbonyl (C=S) groups is 1. The summed E-state index contributed by atoms with van der Waals surface area (Å²) in [6, 6.07) is 6.18. The van der Waals surface area contributed by atoms with E-state index < -0.39 is 30.9 Å². The van der Waals surface area contributed by atoms with Gasteiger partial charge in [0.25, 0.3) is 0 Å². The van der Waals surface area contributed by atoms with Crippen LogP contribution in [-0.2, 0) is 30.9 Å². The van der Waals surface area contributed by atoms with Crippen molar-refractivity contribution >= 4 is 79.3 Å². The average molecular weight is 450 g/mol. The fourth-order valence-corrected chi connectivity index (χ4v) is 5.54. The third kappa shape index (κ3) is 2.64. The average Bonchev–Trinajstić information content (AvgIpc) is 2.65. The Kier molecular flexibility index (Phi) is 4.48. The zero-order valence-electron chi connectivity index (χ0n) is 13.6. The van der Waals surface area contributed by atoms with Crippen molar-refractivity contribution in [3.8, 4) is 0 Å². The first-order valence-corrected chi connectivity index (χ1v) is 11.3. The quantitative estimate of drug-likeness (QED) is 0.469. The second-order valence-corrected chi connectivity index (χ2v) is 8.91. The molecule has 0 N–H and O–H groups in total. The minimum Gasteiger partial charge on any atom is -0.194 e. The fourth-order valence-electron chi connectivity index (χ4n) is 3.57. The van der Waals surface area contributed by atoms with Gasteiger partial charge in [-0.3, -0.25) is 0 Å². The molecule has 0 heterocycles. The summed E-state index contributed by atoms with van der Waals surface area (Å²) in [5, 5.41) is 2.96. The van der Waals surface area contributed by atoms with Crippen molar-refractivity contribution in [1.29, 1.82) is 0 Å². The lowest BCUT2D eigenvalue weighted by atomic mass is 9.81. The van der Waals surface area contributed by atoms with Gasteiger partial charge in [0.1, 0.15) is 4.86 Å². The second-order valence-electron chi connectivity index (χ2n) is 5.90. The molecule has 28 heavy (non-hydrogen) atoms. The van der Waals surface area contributed by atoms with Crippen LogP contribution >= 0.6 is 12.2 Å². The van der Waals surface area contributed by atoms with Gasteiger partial charge in [-0.05, 0) is 18.3 Å². The van der Waals surface area contributed by atoms with E-state index in [4.69, 9.17) is 0 Å². The van der Waals surface area contributed by atoms with Crippen molar-refractivity contribution in [1.82, 2.24) is 0 Å². The summed E-state index contributed by atoms with van der Waals surface area (Å²) in [5.41, 5.74) is 1.76. The molecule has 11 heteroatoms. The van der Waals surface area contributed by atoms with Crippen LogP contribution in [0, 0.1) is 0 Å². The van der Waals surface area contributed by atoms with Gasteiger partial charge in [-0.1, -0.05) is 24.3 Å². The highest BCUT2D eigenvalue weighted by Gasteiger charge is 2.30. The van der Waals surface area contributed by atoms with E-state index in [2.05, 4.69) is 22.4 Å². The minimum absolute atomic E-state index is 0.0552. The number of allylic oxidation sites excluding steroid dienone is 1. The molecule has 0 saturated carbocycles. The highest BCUT2D eigenvalue weighted by molar-refractivity contribution is 7.78. The molecule has 0 amide bonds. The van der Waals surface area contributed by atoms with Crippen LogP contribution in [0.3, 0.4) is 0 Å². The maximum atomic E-state index is 11.8. The smallest absolute Gasteiger partial charge is 0.194 e. The number of benzene rings is 2. The van der Waals surface area contributed by atoms with Crippen molar-refractivity contribution < 1.29 is 25.3 Å². The molecule has 7 nitrogen and oxygen atoms in total. The van der Waals surface area contributed by atoms with Gasteiger partial charge in [0.15, 0.2) is 0 Å².